The molecule has 3 aliphatic heterocycles. The summed E-state index contributed by atoms with van der Waals surface area (Å²) in [5.74, 6) is 2.03. The van der Waals surface area contributed by atoms with Gasteiger partial charge < -0.3 is 0 Å². The Kier molecular flexibility index (Phi) is 6.18. The summed E-state index contributed by atoms with van der Waals surface area (Å²) in [7, 11) is 0. The van der Waals surface area contributed by atoms with Crippen LogP contribution in [0.5, 0.6) is 0 Å². The Morgan fingerprint density at radius 3 is 1.19 bits per heavy atom. The maximum absolute atomic E-state index is 5.26. The first-order valence-electron chi connectivity index (χ1n) is 17.1. The number of hydrogen-bond acceptors (Lipinski definition) is 4. The molecule has 232 valence electrons. The van der Waals surface area contributed by atoms with E-state index in [-0.39, 0.29) is 13.4 Å². The topological polar surface area (TPSA) is 32.3 Å². The first-order valence-corrected chi connectivity index (χ1v) is 17.1. The molecule has 0 spiro atoms. The fourth-order valence-corrected chi connectivity index (χ4v) is 9.31. The van der Waals surface area contributed by atoms with Crippen LogP contribution in [0.4, 0.5) is 34.4 Å². The molecule has 5 heterocycles. The summed E-state index contributed by atoms with van der Waals surface area (Å²) in [5.41, 5.74) is 22.8. The molecule has 4 aromatic carbocycles. The van der Waals surface area contributed by atoms with Crippen LogP contribution in [0, 0.1) is 55.4 Å². The first kappa shape index (κ1) is 29.1. The molecule has 0 radical (unpaired) electrons. The van der Waals surface area contributed by atoms with Gasteiger partial charge in [0.1, 0.15) is 11.6 Å². The van der Waals surface area contributed by atoms with Crippen molar-refractivity contribution < 1.29 is 0 Å². The monoisotopic (exact) mass is 620 g/mol. The van der Waals surface area contributed by atoms with Crippen molar-refractivity contribution in [3.8, 4) is 0 Å². The average molecular weight is 620 g/mol. The summed E-state index contributed by atoms with van der Waals surface area (Å²) in [6.45, 7) is 17.9. The maximum Gasteiger partial charge on any atom is 0.249 e. The number of pyridine rings is 2. The third-order valence-corrected chi connectivity index (χ3v) is 10.8. The van der Waals surface area contributed by atoms with Crippen molar-refractivity contribution in [3.63, 3.8) is 0 Å². The number of rotatable bonds is 2. The predicted octanol–water partition coefficient (Wildman–Crippen LogP) is 5.86. The summed E-state index contributed by atoms with van der Waals surface area (Å²) in [5, 5.41) is 0. The molecule has 2 aromatic heterocycles. The van der Waals surface area contributed by atoms with Crippen LogP contribution in [-0.2, 0) is 0 Å². The van der Waals surface area contributed by atoms with Gasteiger partial charge in [0.2, 0.25) is 13.4 Å². The Labute approximate surface area is 284 Å². The lowest BCUT2D eigenvalue weighted by molar-refractivity contribution is 1.10. The number of hydrogen-bond donors (Lipinski definition) is 0. The number of fused-ring (bicyclic) bond motifs is 6. The second-order valence-corrected chi connectivity index (χ2v) is 14.4. The van der Waals surface area contributed by atoms with E-state index >= 15 is 0 Å². The number of anilines is 6. The molecule has 0 bridgehead atoms. The second-order valence-electron chi connectivity index (χ2n) is 14.4. The third-order valence-electron chi connectivity index (χ3n) is 10.8. The SMILES string of the molecule is Cc1cc(C)c(B2c3cc(C)cnc3N3c4cccc5c4N(c4cccc2c43)c2ncc(C)cc2B5c2c(C)cc(C)cc2C)c(C)c1. The molecule has 0 N–H and O–H groups in total. The minimum Gasteiger partial charge on any atom is -0.292 e. The zero-order valence-electron chi connectivity index (χ0n) is 29.0. The van der Waals surface area contributed by atoms with Crippen LogP contribution in [0.3, 0.4) is 0 Å². The van der Waals surface area contributed by atoms with Crippen LogP contribution in [-0.4, -0.2) is 23.4 Å². The molecule has 6 heteroatoms. The lowest BCUT2D eigenvalue weighted by Gasteiger charge is -2.48. The number of benzene rings is 4. The molecule has 0 saturated carbocycles. The van der Waals surface area contributed by atoms with Crippen molar-refractivity contribution in [2.75, 3.05) is 9.80 Å². The highest BCUT2D eigenvalue weighted by molar-refractivity contribution is 6.99. The van der Waals surface area contributed by atoms with E-state index in [9.17, 15) is 0 Å². The molecule has 0 saturated heterocycles. The van der Waals surface area contributed by atoms with Crippen LogP contribution in [0.1, 0.15) is 44.5 Å². The minimum atomic E-state index is 0.0600. The lowest BCUT2D eigenvalue weighted by Crippen LogP contribution is -2.62. The fourth-order valence-electron chi connectivity index (χ4n) is 9.31. The largest absolute Gasteiger partial charge is 0.292 e. The van der Waals surface area contributed by atoms with E-state index in [1.165, 1.54) is 88.7 Å². The van der Waals surface area contributed by atoms with Crippen LogP contribution < -0.4 is 42.6 Å². The smallest absolute Gasteiger partial charge is 0.249 e. The van der Waals surface area contributed by atoms with Crippen molar-refractivity contribution in [1.29, 1.82) is 0 Å². The predicted molar refractivity (Wildman–Crippen MR) is 205 cm³/mol. The first-order chi connectivity index (χ1) is 23.1. The minimum absolute atomic E-state index is 0.0600. The van der Waals surface area contributed by atoms with Crippen LogP contribution >= 0.6 is 0 Å². The van der Waals surface area contributed by atoms with Gasteiger partial charge in [-0.25, -0.2) is 9.97 Å². The molecule has 0 atom stereocenters. The Bertz CT molecular complexity index is 2170. The second kappa shape index (κ2) is 10.2. The summed E-state index contributed by atoms with van der Waals surface area (Å²) in [6, 6.07) is 27.8. The highest BCUT2D eigenvalue weighted by Gasteiger charge is 2.47. The van der Waals surface area contributed by atoms with Crippen LogP contribution in [0.15, 0.2) is 85.2 Å². The van der Waals surface area contributed by atoms with E-state index in [1.807, 2.05) is 12.4 Å². The van der Waals surface area contributed by atoms with Gasteiger partial charge in [0.05, 0.1) is 22.7 Å². The van der Waals surface area contributed by atoms with Gasteiger partial charge >= 0.3 is 0 Å². The maximum atomic E-state index is 5.26. The van der Waals surface area contributed by atoms with Crippen molar-refractivity contribution in [1.82, 2.24) is 9.97 Å². The van der Waals surface area contributed by atoms with Gasteiger partial charge in [0.15, 0.2) is 0 Å². The van der Waals surface area contributed by atoms with Gasteiger partial charge in [-0.3, -0.25) is 9.80 Å². The van der Waals surface area contributed by atoms with Gasteiger partial charge in [-0.2, -0.15) is 0 Å². The third kappa shape index (κ3) is 3.92. The lowest BCUT2D eigenvalue weighted by atomic mass is 9.33. The summed E-state index contributed by atoms with van der Waals surface area (Å²) in [4.78, 5) is 15.4. The quantitative estimate of drug-likeness (QED) is 0.227. The number of aryl methyl sites for hydroxylation is 8. The molecule has 0 fully saturated rings. The van der Waals surface area contributed by atoms with E-state index in [1.54, 1.807) is 0 Å². The molecule has 9 rings (SSSR count). The van der Waals surface area contributed by atoms with E-state index in [0.717, 1.165) is 23.0 Å². The zero-order chi connectivity index (χ0) is 33.2. The Hall–Kier alpha value is -5.09. The zero-order valence-corrected chi connectivity index (χ0v) is 29.0. The van der Waals surface area contributed by atoms with Crippen molar-refractivity contribution in [2.45, 2.75) is 55.4 Å². The number of aromatic nitrogens is 2. The summed E-state index contributed by atoms with van der Waals surface area (Å²) < 4.78 is 0. The van der Waals surface area contributed by atoms with Crippen molar-refractivity contribution in [3.05, 3.63) is 130 Å². The highest BCUT2D eigenvalue weighted by atomic mass is 15.3. The number of nitrogens with zero attached hydrogens (tertiary/aromatic N) is 4. The summed E-state index contributed by atoms with van der Waals surface area (Å²) in [6.07, 6.45) is 4.06. The van der Waals surface area contributed by atoms with Gasteiger partial charge in [-0.05, 0) is 101 Å². The molecule has 0 aliphatic carbocycles. The van der Waals surface area contributed by atoms with Crippen LogP contribution in [0.2, 0.25) is 0 Å². The molecule has 3 aliphatic rings. The normalized spacial score (nSPS) is 13.7. The Morgan fingerprint density at radius 2 is 0.812 bits per heavy atom. The molecular weight excluding hydrogens is 582 g/mol. The van der Waals surface area contributed by atoms with Gasteiger partial charge in [-0.15, -0.1) is 0 Å². The molecule has 6 aromatic rings. The summed E-state index contributed by atoms with van der Waals surface area (Å²) >= 11 is 0. The van der Waals surface area contributed by atoms with E-state index in [4.69, 9.17) is 9.97 Å². The molecular formula is C42H38B2N4. The number of para-hydroxylation sites is 2. The standard InChI is InChI=1S/C42H38B2N4/c1-23-15-27(5)37(28(6)16-23)43-31-11-9-13-35-39(31)47(41-33(43)19-25(3)21-45-41)36-14-10-12-32-40(36)48(35)42-34(20-26(4)22-46-42)44(32)38-29(7)17-24(2)18-30(38)8/h9-22H,1-8H3. The highest BCUT2D eigenvalue weighted by Crippen LogP contribution is 2.54. The van der Waals surface area contributed by atoms with E-state index in [0.29, 0.717) is 0 Å². The van der Waals surface area contributed by atoms with Gasteiger partial charge in [-0.1, -0.05) is 105 Å². The van der Waals surface area contributed by atoms with Crippen molar-refractivity contribution in [2.24, 2.45) is 0 Å². The van der Waals surface area contributed by atoms with Crippen molar-refractivity contribution >= 4 is 80.6 Å². The van der Waals surface area contributed by atoms with Gasteiger partial charge in [0.25, 0.3) is 0 Å². The Morgan fingerprint density at radius 1 is 0.438 bits per heavy atom. The van der Waals surface area contributed by atoms with E-state index in [2.05, 4.69) is 138 Å². The Balaban J connectivity index is 1.39. The van der Waals surface area contributed by atoms with Gasteiger partial charge in [0, 0.05) is 12.4 Å². The molecule has 48 heavy (non-hydrogen) atoms. The average Bonchev–Trinajstić information content (AvgIpc) is 3.03. The fraction of sp³-hybridized carbons (Fsp3) is 0.190. The molecule has 0 unspecified atom stereocenters. The molecule has 4 nitrogen and oxygen atoms in total. The van der Waals surface area contributed by atoms with E-state index < -0.39 is 0 Å². The molecule has 0 amide bonds. The van der Waals surface area contributed by atoms with Crippen LogP contribution in [0.25, 0.3) is 0 Å².